The number of para-hydroxylation sites is 4. The van der Waals surface area contributed by atoms with Gasteiger partial charge in [0.1, 0.15) is 0 Å². The van der Waals surface area contributed by atoms with E-state index in [0.29, 0.717) is 0 Å². The molecule has 0 fully saturated rings. The molecule has 0 saturated heterocycles. The summed E-state index contributed by atoms with van der Waals surface area (Å²) in [4.78, 5) is 13.3. The van der Waals surface area contributed by atoms with E-state index in [0.717, 1.165) is 17.1 Å². The third-order valence-corrected chi connectivity index (χ3v) is 21.5. The number of aryl methyl sites for hydroxylation is 1. The van der Waals surface area contributed by atoms with Crippen LogP contribution in [0.15, 0.2) is 182 Å². The highest BCUT2D eigenvalue weighted by molar-refractivity contribution is 7.39. The highest BCUT2D eigenvalue weighted by Gasteiger charge is 2.55. The molecule has 0 aliphatic carbocycles. The second-order valence-electron chi connectivity index (χ2n) is 32.9. The number of fused-ring (bicyclic) bond motifs is 11. The maximum atomic E-state index is 2.72. The molecule has 0 spiro atoms. The van der Waals surface area contributed by atoms with E-state index in [1.807, 2.05) is 0 Å². The number of anilines is 15. The molecule has 1 aromatic heterocycles. The standard InChI is InChI=1S/C83H87B2N5S/c1-50-38-68-72-69(39-50)89-65-32-26-27-33-66(65)90-71-49-61(86(57-28-22-20-23-29-57)58-30-24-21-25-31-58)48-70-73(71)84(62-36-34-52(79(5,6)7)47-67(62)88(70)60-44-55(82(14,15)16)41-56(45-60)83(17,18)19)76-74(90)75(89)77(91-76)85(72)63-46-51(78(2,3)4)35-37-64(63)87(68)59-42-53(80(8,9)10)40-54(43-59)81(11,12)13/h20-49H,1-19H3. The molecule has 0 radical (unpaired) electrons. The zero-order chi connectivity index (χ0) is 64.1. The number of benzene rings is 9. The van der Waals surface area contributed by atoms with Gasteiger partial charge in [-0.1, -0.05) is 210 Å². The molecule has 0 saturated carbocycles. The fraction of sp³-hybridized carbons (Fsp3) is 0.301. The first-order valence-electron chi connectivity index (χ1n) is 33.1. The van der Waals surface area contributed by atoms with E-state index in [-0.39, 0.29) is 45.9 Å². The van der Waals surface area contributed by atoms with Gasteiger partial charge in [-0.2, -0.15) is 11.3 Å². The van der Waals surface area contributed by atoms with E-state index in [1.54, 1.807) is 0 Å². The highest BCUT2D eigenvalue weighted by atomic mass is 32.1. The van der Waals surface area contributed by atoms with Gasteiger partial charge in [-0.15, -0.1) is 0 Å². The van der Waals surface area contributed by atoms with Gasteiger partial charge < -0.3 is 24.5 Å². The molecule has 0 unspecified atom stereocenters. The predicted octanol–water partition coefficient (Wildman–Crippen LogP) is 19.8. The molecule has 15 rings (SSSR count). The second-order valence-corrected chi connectivity index (χ2v) is 34.0. The van der Waals surface area contributed by atoms with E-state index in [4.69, 9.17) is 0 Å². The van der Waals surface area contributed by atoms with Gasteiger partial charge >= 0.3 is 0 Å². The van der Waals surface area contributed by atoms with Crippen LogP contribution in [0.25, 0.3) is 0 Å². The lowest BCUT2D eigenvalue weighted by Gasteiger charge is -2.49. The lowest BCUT2D eigenvalue weighted by molar-refractivity contribution is 0.568. The van der Waals surface area contributed by atoms with Gasteiger partial charge in [0.2, 0.25) is 0 Å². The van der Waals surface area contributed by atoms with Crippen LogP contribution >= 0.6 is 11.3 Å². The molecule has 8 heteroatoms. The summed E-state index contributed by atoms with van der Waals surface area (Å²) in [6, 6.07) is 71.5. The third-order valence-electron chi connectivity index (χ3n) is 20.2. The molecule has 5 nitrogen and oxygen atoms in total. The second kappa shape index (κ2) is 19.9. The van der Waals surface area contributed by atoms with Crippen LogP contribution in [0.4, 0.5) is 85.3 Å². The number of thiophene rings is 1. The molecular formula is C83H87B2N5S. The average Bonchev–Trinajstić information content (AvgIpc) is 1.63. The molecule has 9 aromatic carbocycles. The summed E-state index contributed by atoms with van der Waals surface area (Å²) in [5, 5.41) is 0. The molecule has 5 aliphatic heterocycles. The van der Waals surface area contributed by atoms with Crippen molar-refractivity contribution in [1.82, 2.24) is 0 Å². The van der Waals surface area contributed by atoms with Crippen molar-refractivity contribution >= 4 is 141 Å². The van der Waals surface area contributed by atoms with Gasteiger partial charge in [-0.25, -0.2) is 0 Å². The van der Waals surface area contributed by atoms with Gasteiger partial charge in [0.15, 0.2) is 0 Å². The van der Waals surface area contributed by atoms with Crippen molar-refractivity contribution in [3.8, 4) is 0 Å². The first kappa shape index (κ1) is 59.1. The molecule has 91 heavy (non-hydrogen) atoms. The highest BCUT2D eigenvalue weighted by Crippen LogP contribution is 2.60. The number of rotatable bonds is 5. The Morgan fingerprint density at radius 3 is 1.12 bits per heavy atom. The fourth-order valence-corrected chi connectivity index (χ4v) is 16.6. The van der Waals surface area contributed by atoms with E-state index in [9.17, 15) is 0 Å². The molecule has 456 valence electrons. The minimum Gasteiger partial charge on any atom is -0.311 e. The lowest BCUT2D eigenvalue weighted by atomic mass is 9.35. The van der Waals surface area contributed by atoms with Crippen molar-refractivity contribution in [3.05, 3.63) is 221 Å². The van der Waals surface area contributed by atoms with Gasteiger partial charge in [0.25, 0.3) is 13.4 Å². The minimum atomic E-state index is -0.116. The predicted molar refractivity (Wildman–Crippen MR) is 398 cm³/mol. The molecule has 0 amide bonds. The fourth-order valence-electron chi connectivity index (χ4n) is 15.1. The van der Waals surface area contributed by atoms with Crippen molar-refractivity contribution in [2.45, 2.75) is 164 Å². The van der Waals surface area contributed by atoms with Crippen molar-refractivity contribution in [2.24, 2.45) is 0 Å². The monoisotopic (exact) mass is 1210 g/mol. The third kappa shape index (κ3) is 9.29. The summed E-state index contributed by atoms with van der Waals surface area (Å²) < 4.78 is 2.80. The Morgan fingerprint density at radius 2 is 0.670 bits per heavy atom. The molecule has 0 bridgehead atoms. The lowest BCUT2D eigenvalue weighted by Crippen LogP contribution is -2.61. The van der Waals surface area contributed by atoms with Gasteiger partial charge in [0, 0.05) is 66.4 Å². The van der Waals surface area contributed by atoms with Crippen LogP contribution in [-0.2, 0) is 32.5 Å². The van der Waals surface area contributed by atoms with E-state index in [2.05, 4.69) is 349 Å². The maximum absolute atomic E-state index is 2.72. The van der Waals surface area contributed by atoms with Crippen molar-refractivity contribution in [2.75, 3.05) is 24.5 Å². The van der Waals surface area contributed by atoms with Crippen LogP contribution in [-0.4, -0.2) is 13.4 Å². The smallest absolute Gasteiger partial charge is 0.264 e. The Kier molecular flexibility index (Phi) is 12.9. The first-order valence-corrected chi connectivity index (χ1v) is 34.0. The van der Waals surface area contributed by atoms with Crippen LogP contribution in [0.1, 0.15) is 164 Å². The quantitative estimate of drug-likeness (QED) is 0.159. The van der Waals surface area contributed by atoms with Crippen molar-refractivity contribution < 1.29 is 0 Å². The summed E-state index contributed by atoms with van der Waals surface area (Å²) in [6.45, 7) is 44.8. The Morgan fingerprint density at radius 1 is 0.297 bits per heavy atom. The minimum absolute atomic E-state index is 0.0513. The van der Waals surface area contributed by atoms with Crippen LogP contribution in [0, 0.1) is 6.92 Å². The molecule has 0 N–H and O–H groups in total. The van der Waals surface area contributed by atoms with Gasteiger partial charge in [-0.3, -0.25) is 0 Å². The Labute approximate surface area is 547 Å². The zero-order valence-electron chi connectivity index (χ0n) is 57.1. The summed E-state index contributed by atoms with van der Waals surface area (Å²) in [5.74, 6) is 0. The van der Waals surface area contributed by atoms with Crippen LogP contribution < -0.4 is 55.9 Å². The van der Waals surface area contributed by atoms with Crippen molar-refractivity contribution in [3.63, 3.8) is 0 Å². The van der Waals surface area contributed by atoms with E-state index < -0.39 is 0 Å². The molecule has 10 aromatic rings. The SMILES string of the molecule is Cc1cc2c3c(c1)N1c4ccccc4N4c5cc(N(c6ccccc6)c6ccccc6)cc6c5B(c5ccc(C(C)(C)C)cc5N6c5cc(C(C)(C)C)cc(C(C)(C)C)c5)c5sc(c1c54)B3c1cc(C(C)(C)C)ccc1N2c1cc(C(C)(C)C)cc(C(C)(C)C)c1. The normalized spacial score (nSPS) is 14.6. The Bertz CT molecular complexity index is 4540. The van der Waals surface area contributed by atoms with Crippen molar-refractivity contribution in [1.29, 1.82) is 0 Å². The summed E-state index contributed by atoms with van der Waals surface area (Å²) in [6.07, 6.45) is 0. The molecular weight excluding hydrogens is 1120 g/mol. The van der Waals surface area contributed by atoms with Crippen LogP contribution in [0.2, 0.25) is 0 Å². The van der Waals surface area contributed by atoms with Crippen LogP contribution in [0.5, 0.6) is 0 Å². The van der Waals surface area contributed by atoms with Crippen LogP contribution in [0.3, 0.4) is 0 Å². The molecule has 6 heterocycles. The van der Waals surface area contributed by atoms with Gasteiger partial charge in [0.05, 0.1) is 28.4 Å². The Hall–Kier alpha value is -8.19. The zero-order valence-corrected chi connectivity index (χ0v) is 57.9. The van der Waals surface area contributed by atoms with E-state index >= 15 is 0 Å². The maximum Gasteiger partial charge on any atom is 0.264 e. The number of hydrogen-bond acceptors (Lipinski definition) is 6. The topological polar surface area (TPSA) is 16.2 Å². The largest absolute Gasteiger partial charge is 0.311 e. The summed E-state index contributed by atoms with van der Waals surface area (Å²) in [7, 11) is 0. The summed E-state index contributed by atoms with van der Waals surface area (Å²) in [5.41, 5.74) is 32.2. The summed E-state index contributed by atoms with van der Waals surface area (Å²) >= 11 is 2.08. The Balaban J connectivity index is 1.08. The van der Waals surface area contributed by atoms with E-state index in [1.165, 1.54) is 139 Å². The first-order chi connectivity index (χ1) is 42.8. The number of hydrogen-bond donors (Lipinski definition) is 0. The molecule has 5 aliphatic rings. The van der Waals surface area contributed by atoms with Gasteiger partial charge in [-0.05, 0) is 197 Å². The number of nitrogens with zero attached hydrogens (tertiary/aromatic N) is 5. The average molecular weight is 1210 g/mol. The molecule has 0 atom stereocenters.